The molecule has 2 unspecified atom stereocenters. The highest BCUT2D eigenvalue weighted by atomic mass is 31.2. The summed E-state index contributed by atoms with van der Waals surface area (Å²) in [6.45, 7) is 5.52. The predicted molar refractivity (Wildman–Crippen MR) is 249 cm³/mol. The number of hydrogen-bond acceptors (Lipinski definition) is 7. The highest BCUT2D eigenvalue weighted by molar-refractivity contribution is 7.47. The lowest BCUT2D eigenvalue weighted by Crippen LogP contribution is -2.29. The van der Waals surface area contributed by atoms with E-state index in [1.807, 2.05) is 0 Å². The molecule has 0 heterocycles. The van der Waals surface area contributed by atoms with Gasteiger partial charge in [-0.3, -0.25) is 18.6 Å². The standard InChI is InChI=1S/C50H97O8P/c1-4-7-9-11-13-15-17-19-21-22-23-24-25-26-27-28-29-31-32-34-36-38-40-42-44-49(51)55-46-48(47-57-59(53,54)56-6-3)58-50(52)45-43-41-39-37-35-33-30-20-18-16-14-12-10-8-5-2/h20,30,48H,4-19,21-29,31-47H2,1-3H3,(H,53,54)/b30-20-. The topological polar surface area (TPSA) is 108 Å². The zero-order valence-electron chi connectivity index (χ0n) is 39.2. The summed E-state index contributed by atoms with van der Waals surface area (Å²) in [4.78, 5) is 34.9. The molecule has 0 radical (unpaired) electrons. The van der Waals surface area contributed by atoms with Gasteiger partial charge in [-0.1, -0.05) is 225 Å². The van der Waals surface area contributed by atoms with Gasteiger partial charge in [0, 0.05) is 12.8 Å². The summed E-state index contributed by atoms with van der Waals surface area (Å²) < 4.78 is 32.8. The number of unbranched alkanes of at least 4 members (excludes halogenated alkanes) is 34. The monoisotopic (exact) mass is 857 g/mol. The van der Waals surface area contributed by atoms with Crippen molar-refractivity contribution < 1.29 is 37.6 Å². The molecule has 59 heavy (non-hydrogen) atoms. The highest BCUT2D eigenvalue weighted by Crippen LogP contribution is 2.43. The molecule has 0 aliphatic rings. The fourth-order valence-corrected chi connectivity index (χ4v) is 8.32. The van der Waals surface area contributed by atoms with Crippen molar-refractivity contribution in [2.24, 2.45) is 0 Å². The minimum absolute atomic E-state index is 0.00227. The lowest BCUT2D eigenvalue weighted by Gasteiger charge is -2.19. The molecular formula is C50H97O8P. The third-order valence-electron chi connectivity index (χ3n) is 11.3. The van der Waals surface area contributed by atoms with Gasteiger partial charge in [0.05, 0.1) is 13.2 Å². The number of ether oxygens (including phenoxy) is 2. The summed E-state index contributed by atoms with van der Waals surface area (Å²) in [6, 6.07) is 0. The third-order valence-corrected chi connectivity index (χ3v) is 12.4. The van der Waals surface area contributed by atoms with Crippen LogP contribution in [-0.4, -0.2) is 42.8 Å². The first kappa shape index (κ1) is 57.8. The number of rotatable bonds is 48. The Kier molecular flexibility index (Phi) is 45.3. The van der Waals surface area contributed by atoms with Gasteiger partial charge in [0.2, 0.25) is 0 Å². The zero-order valence-corrected chi connectivity index (χ0v) is 40.1. The van der Waals surface area contributed by atoms with Gasteiger partial charge in [-0.15, -0.1) is 0 Å². The molecule has 8 nitrogen and oxygen atoms in total. The lowest BCUT2D eigenvalue weighted by atomic mass is 10.0. The van der Waals surface area contributed by atoms with Crippen LogP contribution in [0.1, 0.15) is 271 Å². The Bertz CT molecular complexity index is 973. The maximum Gasteiger partial charge on any atom is 0.472 e. The summed E-state index contributed by atoms with van der Waals surface area (Å²) in [7, 11) is -4.28. The van der Waals surface area contributed by atoms with Crippen LogP contribution in [0.25, 0.3) is 0 Å². The Balaban J connectivity index is 3.90. The molecule has 0 saturated heterocycles. The van der Waals surface area contributed by atoms with Crippen LogP contribution < -0.4 is 0 Å². The number of esters is 2. The van der Waals surface area contributed by atoms with Crippen LogP contribution in [0.5, 0.6) is 0 Å². The quantitative estimate of drug-likeness (QED) is 0.0279. The van der Waals surface area contributed by atoms with Gasteiger partial charge in [0.15, 0.2) is 6.10 Å². The number of phosphoric ester groups is 1. The first-order valence-electron chi connectivity index (χ1n) is 25.5. The molecule has 1 N–H and O–H groups in total. The average molecular weight is 857 g/mol. The Morgan fingerprint density at radius 3 is 1.12 bits per heavy atom. The van der Waals surface area contributed by atoms with Gasteiger partial charge >= 0.3 is 19.8 Å². The Morgan fingerprint density at radius 1 is 0.441 bits per heavy atom. The zero-order chi connectivity index (χ0) is 43.2. The molecule has 0 rings (SSSR count). The second-order valence-electron chi connectivity index (χ2n) is 17.2. The third kappa shape index (κ3) is 46.1. The summed E-state index contributed by atoms with van der Waals surface area (Å²) in [5, 5.41) is 0. The number of phosphoric acid groups is 1. The van der Waals surface area contributed by atoms with Crippen molar-refractivity contribution in [3.8, 4) is 0 Å². The molecule has 0 aliphatic heterocycles. The maximum atomic E-state index is 12.6. The first-order chi connectivity index (χ1) is 28.8. The van der Waals surface area contributed by atoms with Gasteiger partial charge in [-0.05, 0) is 45.4 Å². The van der Waals surface area contributed by atoms with E-state index >= 15 is 0 Å². The van der Waals surface area contributed by atoms with Crippen molar-refractivity contribution >= 4 is 19.8 Å². The number of carbonyl (C=O) groups excluding carboxylic acids is 2. The largest absolute Gasteiger partial charge is 0.472 e. The molecular weight excluding hydrogens is 760 g/mol. The second-order valence-corrected chi connectivity index (χ2v) is 18.6. The van der Waals surface area contributed by atoms with E-state index in [9.17, 15) is 19.0 Å². The molecule has 0 aromatic carbocycles. The molecule has 0 bridgehead atoms. The van der Waals surface area contributed by atoms with E-state index in [1.165, 1.54) is 180 Å². The summed E-state index contributed by atoms with van der Waals surface area (Å²) in [5.41, 5.74) is 0. The summed E-state index contributed by atoms with van der Waals surface area (Å²) in [5.74, 6) is -0.791. The van der Waals surface area contributed by atoms with E-state index in [0.717, 1.165) is 51.4 Å². The summed E-state index contributed by atoms with van der Waals surface area (Å²) in [6.07, 6.45) is 51.4. The SMILES string of the molecule is CCCCCCCC/C=C\CCCCCCCC(=O)OC(COC(=O)CCCCCCCCCCCCCCCCCCCCCCCCCC)COP(=O)(O)OCC. The van der Waals surface area contributed by atoms with E-state index < -0.39 is 26.5 Å². The molecule has 0 spiro atoms. The van der Waals surface area contributed by atoms with E-state index in [1.54, 1.807) is 6.92 Å². The minimum Gasteiger partial charge on any atom is -0.462 e. The average Bonchev–Trinajstić information content (AvgIpc) is 3.22. The van der Waals surface area contributed by atoms with Crippen LogP contribution in [0.3, 0.4) is 0 Å². The van der Waals surface area contributed by atoms with Gasteiger partial charge in [-0.2, -0.15) is 0 Å². The maximum absolute atomic E-state index is 12.6. The van der Waals surface area contributed by atoms with Gasteiger partial charge < -0.3 is 14.4 Å². The van der Waals surface area contributed by atoms with E-state index in [0.29, 0.717) is 12.8 Å². The van der Waals surface area contributed by atoms with Crippen LogP contribution in [0.4, 0.5) is 0 Å². The normalized spacial score (nSPS) is 13.2. The van der Waals surface area contributed by atoms with Crippen LogP contribution in [0.2, 0.25) is 0 Å². The number of hydrogen-bond donors (Lipinski definition) is 1. The molecule has 2 atom stereocenters. The van der Waals surface area contributed by atoms with Crippen LogP contribution in [0.15, 0.2) is 12.2 Å². The fourth-order valence-electron chi connectivity index (χ4n) is 7.57. The minimum atomic E-state index is -4.28. The summed E-state index contributed by atoms with van der Waals surface area (Å²) >= 11 is 0. The molecule has 0 aromatic rings. The van der Waals surface area contributed by atoms with Crippen LogP contribution in [-0.2, 0) is 32.7 Å². The van der Waals surface area contributed by atoms with Crippen LogP contribution in [0, 0.1) is 0 Å². The number of allylic oxidation sites excluding steroid dienone is 2. The van der Waals surface area contributed by atoms with Crippen molar-refractivity contribution in [1.29, 1.82) is 0 Å². The number of carbonyl (C=O) groups is 2. The molecule has 0 aromatic heterocycles. The molecule has 9 heteroatoms. The molecule has 0 saturated carbocycles. The first-order valence-corrected chi connectivity index (χ1v) is 27.0. The van der Waals surface area contributed by atoms with Gasteiger partial charge in [0.1, 0.15) is 6.61 Å². The van der Waals surface area contributed by atoms with E-state index in [4.69, 9.17) is 18.5 Å². The van der Waals surface area contributed by atoms with Crippen molar-refractivity contribution in [3.05, 3.63) is 12.2 Å². The molecule has 0 aliphatic carbocycles. The molecule has 350 valence electrons. The van der Waals surface area contributed by atoms with Crippen molar-refractivity contribution in [2.75, 3.05) is 19.8 Å². The smallest absolute Gasteiger partial charge is 0.462 e. The Morgan fingerprint density at radius 2 is 0.763 bits per heavy atom. The predicted octanol–water partition coefficient (Wildman–Crippen LogP) is 16.4. The molecule has 0 fully saturated rings. The Labute approximate surface area is 365 Å². The van der Waals surface area contributed by atoms with Crippen molar-refractivity contribution in [2.45, 2.75) is 277 Å². The molecule has 0 amide bonds. The van der Waals surface area contributed by atoms with Crippen molar-refractivity contribution in [1.82, 2.24) is 0 Å². The highest BCUT2D eigenvalue weighted by Gasteiger charge is 2.25. The lowest BCUT2D eigenvalue weighted by molar-refractivity contribution is -0.161. The fraction of sp³-hybridized carbons (Fsp3) is 0.920. The van der Waals surface area contributed by atoms with Crippen molar-refractivity contribution in [3.63, 3.8) is 0 Å². The van der Waals surface area contributed by atoms with Gasteiger partial charge in [0.25, 0.3) is 0 Å². The van der Waals surface area contributed by atoms with Crippen LogP contribution >= 0.6 is 7.82 Å². The second kappa shape index (κ2) is 46.3. The van der Waals surface area contributed by atoms with E-state index in [2.05, 4.69) is 26.0 Å². The Hall–Kier alpha value is -1.21. The van der Waals surface area contributed by atoms with Gasteiger partial charge in [-0.25, -0.2) is 4.57 Å². The van der Waals surface area contributed by atoms with E-state index in [-0.39, 0.29) is 25.6 Å².